The summed E-state index contributed by atoms with van der Waals surface area (Å²) in [5.41, 5.74) is -1.11. The van der Waals surface area contributed by atoms with Crippen molar-refractivity contribution in [2.24, 2.45) is 0 Å². The zero-order valence-electron chi connectivity index (χ0n) is 18.1. The Morgan fingerprint density at radius 1 is 0.811 bits per heavy atom. The fourth-order valence-corrected chi connectivity index (χ4v) is 4.01. The maximum atomic E-state index is 13.0. The van der Waals surface area contributed by atoms with E-state index in [-0.39, 0.29) is 43.4 Å². The first-order valence-corrected chi connectivity index (χ1v) is 11.7. The fourth-order valence-electron chi connectivity index (χ4n) is 3.34. The normalized spacial score (nSPS) is 13.9. The van der Waals surface area contributed by atoms with E-state index in [4.69, 9.17) is 46.4 Å². The van der Waals surface area contributed by atoms with E-state index in [2.05, 4.69) is 10.6 Å². The molecule has 0 bridgehead atoms. The van der Waals surface area contributed by atoms with E-state index in [0.29, 0.717) is 6.07 Å². The summed E-state index contributed by atoms with van der Waals surface area (Å²) in [4.78, 5) is 39.2. The van der Waals surface area contributed by atoms with Crippen molar-refractivity contribution in [1.29, 1.82) is 0 Å². The molecule has 6 nitrogen and oxygen atoms in total. The first-order chi connectivity index (χ1) is 17.4. The molecule has 1 heterocycles. The SMILES string of the molecule is O=C(Nc1cc(C(F)(F)F)ccc1Cl)c1cccc(NC2=C(Cl)C(=O)N(c3ccc(Cl)c(Cl)c3)C2=O)c1. The number of carbonyl (C=O) groups excluding carboxylic acids is 3. The second-order valence-corrected chi connectivity index (χ2v) is 9.18. The summed E-state index contributed by atoms with van der Waals surface area (Å²) in [6, 6.07) is 12.3. The number of nitrogens with zero attached hydrogens (tertiary/aromatic N) is 1. The van der Waals surface area contributed by atoms with Gasteiger partial charge in [0.15, 0.2) is 0 Å². The van der Waals surface area contributed by atoms with E-state index in [1.807, 2.05) is 0 Å². The van der Waals surface area contributed by atoms with Gasteiger partial charge in [0.2, 0.25) is 0 Å². The van der Waals surface area contributed by atoms with Crippen molar-refractivity contribution >= 4 is 81.2 Å². The molecular formula is C24H12Cl4F3N3O3. The van der Waals surface area contributed by atoms with Crippen LogP contribution in [0, 0.1) is 0 Å². The summed E-state index contributed by atoms with van der Waals surface area (Å²) >= 11 is 24.0. The van der Waals surface area contributed by atoms with Crippen LogP contribution >= 0.6 is 46.4 Å². The number of halogens is 7. The van der Waals surface area contributed by atoms with Crippen LogP contribution in [0.2, 0.25) is 15.1 Å². The molecule has 0 unspecified atom stereocenters. The van der Waals surface area contributed by atoms with Gasteiger partial charge in [-0.1, -0.05) is 52.5 Å². The van der Waals surface area contributed by atoms with Crippen molar-refractivity contribution in [2.45, 2.75) is 6.18 Å². The smallest absolute Gasteiger partial charge is 0.350 e. The second-order valence-electron chi connectivity index (χ2n) is 7.59. The number of rotatable bonds is 5. The quantitative estimate of drug-likeness (QED) is 0.305. The van der Waals surface area contributed by atoms with Crippen LogP contribution in [0.1, 0.15) is 15.9 Å². The number of carbonyl (C=O) groups is 3. The molecule has 190 valence electrons. The predicted octanol–water partition coefficient (Wildman–Crippen LogP) is 7.35. The van der Waals surface area contributed by atoms with Gasteiger partial charge in [-0.15, -0.1) is 0 Å². The van der Waals surface area contributed by atoms with Gasteiger partial charge in [0.25, 0.3) is 17.7 Å². The van der Waals surface area contributed by atoms with Crippen LogP contribution in [0.25, 0.3) is 0 Å². The van der Waals surface area contributed by atoms with Crippen molar-refractivity contribution in [2.75, 3.05) is 15.5 Å². The molecule has 3 aromatic rings. The first-order valence-electron chi connectivity index (χ1n) is 10.2. The Morgan fingerprint density at radius 2 is 1.51 bits per heavy atom. The lowest BCUT2D eigenvalue weighted by Gasteiger charge is -2.16. The number of alkyl halides is 3. The third kappa shape index (κ3) is 5.55. The van der Waals surface area contributed by atoms with Crippen molar-refractivity contribution < 1.29 is 27.6 Å². The Hall–Kier alpha value is -3.24. The summed E-state index contributed by atoms with van der Waals surface area (Å²) < 4.78 is 39.1. The highest BCUT2D eigenvalue weighted by Crippen LogP contribution is 2.35. The van der Waals surface area contributed by atoms with Crippen molar-refractivity contribution in [3.8, 4) is 0 Å². The monoisotopic (exact) mass is 587 g/mol. The number of amides is 3. The predicted molar refractivity (Wildman–Crippen MR) is 136 cm³/mol. The van der Waals surface area contributed by atoms with E-state index in [0.717, 1.165) is 17.0 Å². The minimum atomic E-state index is -4.63. The largest absolute Gasteiger partial charge is 0.416 e. The summed E-state index contributed by atoms with van der Waals surface area (Å²) in [6.45, 7) is 0. The highest BCUT2D eigenvalue weighted by molar-refractivity contribution is 6.53. The molecule has 1 aliphatic rings. The number of hydrogen-bond donors (Lipinski definition) is 2. The van der Waals surface area contributed by atoms with Gasteiger partial charge >= 0.3 is 6.18 Å². The molecule has 0 aromatic heterocycles. The van der Waals surface area contributed by atoms with Crippen molar-refractivity contribution in [3.63, 3.8) is 0 Å². The summed E-state index contributed by atoms with van der Waals surface area (Å²) in [5, 5.41) is 4.91. The molecule has 0 spiro atoms. The van der Waals surface area contributed by atoms with Crippen LogP contribution in [-0.4, -0.2) is 17.7 Å². The third-order valence-corrected chi connectivity index (χ3v) is 6.54. The molecule has 0 saturated carbocycles. The molecule has 0 aliphatic carbocycles. The van der Waals surface area contributed by atoms with Gasteiger partial charge in [-0.3, -0.25) is 14.4 Å². The standard InChI is InChI=1S/C24H12Cl4F3N3O3/c25-15-7-5-14(10-17(15)27)34-22(36)19(28)20(23(34)37)32-13-3-1-2-11(8-13)21(35)33-18-9-12(24(29,30)31)4-6-16(18)26/h1-10,32H,(H,33,35). The lowest BCUT2D eigenvalue weighted by atomic mass is 10.1. The molecule has 0 radical (unpaired) electrons. The summed E-state index contributed by atoms with van der Waals surface area (Å²) in [5.74, 6) is -2.35. The maximum Gasteiger partial charge on any atom is 0.416 e. The van der Waals surface area contributed by atoms with Gasteiger partial charge in [-0.2, -0.15) is 13.2 Å². The molecular weight excluding hydrogens is 577 g/mol. The second kappa shape index (κ2) is 10.3. The van der Waals surface area contributed by atoms with Gasteiger partial charge < -0.3 is 10.6 Å². The van der Waals surface area contributed by atoms with Crippen LogP contribution in [0.4, 0.5) is 30.2 Å². The Kier molecular flexibility index (Phi) is 7.43. The van der Waals surface area contributed by atoms with E-state index in [9.17, 15) is 27.6 Å². The number of imide groups is 1. The van der Waals surface area contributed by atoms with E-state index >= 15 is 0 Å². The van der Waals surface area contributed by atoms with E-state index < -0.39 is 34.5 Å². The van der Waals surface area contributed by atoms with Gasteiger partial charge in [0.1, 0.15) is 10.7 Å². The van der Waals surface area contributed by atoms with E-state index in [1.165, 1.54) is 42.5 Å². The van der Waals surface area contributed by atoms with Crippen molar-refractivity contribution in [1.82, 2.24) is 0 Å². The lowest BCUT2D eigenvalue weighted by Crippen LogP contribution is -2.32. The summed E-state index contributed by atoms with van der Waals surface area (Å²) in [7, 11) is 0. The molecule has 2 N–H and O–H groups in total. The highest BCUT2D eigenvalue weighted by atomic mass is 35.5. The van der Waals surface area contributed by atoms with Crippen molar-refractivity contribution in [3.05, 3.63) is 97.6 Å². The van der Waals surface area contributed by atoms with Gasteiger partial charge in [0.05, 0.1) is 32.0 Å². The average molecular weight is 589 g/mol. The Labute approximate surface area is 227 Å². The minimum Gasteiger partial charge on any atom is -0.350 e. The zero-order chi connectivity index (χ0) is 27.1. The zero-order valence-corrected chi connectivity index (χ0v) is 21.1. The number of benzene rings is 3. The molecule has 0 saturated heterocycles. The lowest BCUT2D eigenvalue weighted by molar-refractivity contribution is -0.137. The topological polar surface area (TPSA) is 78.5 Å². The number of anilines is 3. The summed E-state index contributed by atoms with van der Waals surface area (Å²) in [6.07, 6.45) is -4.63. The van der Waals surface area contributed by atoms with Gasteiger partial charge in [-0.25, -0.2) is 4.90 Å². The molecule has 13 heteroatoms. The van der Waals surface area contributed by atoms with E-state index in [1.54, 1.807) is 0 Å². The molecule has 0 fully saturated rings. The molecule has 37 heavy (non-hydrogen) atoms. The Bertz CT molecular complexity index is 1490. The molecule has 0 atom stereocenters. The van der Waals surface area contributed by atoms with Crippen LogP contribution in [-0.2, 0) is 15.8 Å². The average Bonchev–Trinajstić information content (AvgIpc) is 3.04. The maximum absolute atomic E-state index is 13.0. The van der Waals surface area contributed by atoms with Crippen LogP contribution < -0.4 is 15.5 Å². The molecule has 3 amide bonds. The molecule has 4 rings (SSSR count). The number of nitrogens with one attached hydrogen (secondary N) is 2. The van der Waals surface area contributed by atoms with Crippen LogP contribution in [0.5, 0.6) is 0 Å². The fraction of sp³-hybridized carbons (Fsp3) is 0.0417. The Morgan fingerprint density at radius 3 is 2.19 bits per heavy atom. The minimum absolute atomic E-state index is 0.0216. The van der Waals surface area contributed by atoms with Gasteiger partial charge in [-0.05, 0) is 54.6 Å². The van der Waals surface area contributed by atoms with Crippen LogP contribution in [0.15, 0.2) is 71.4 Å². The van der Waals surface area contributed by atoms with Gasteiger partial charge in [0, 0.05) is 11.3 Å². The molecule has 1 aliphatic heterocycles. The third-order valence-electron chi connectivity index (χ3n) is 5.12. The molecule has 3 aromatic carbocycles. The van der Waals surface area contributed by atoms with Crippen LogP contribution in [0.3, 0.4) is 0 Å². The Balaban J connectivity index is 1.55. The number of hydrogen-bond acceptors (Lipinski definition) is 4. The first kappa shape index (κ1) is 26.8. The highest BCUT2D eigenvalue weighted by Gasteiger charge is 2.39.